The van der Waals surface area contributed by atoms with Gasteiger partial charge in [-0.2, -0.15) is 5.10 Å². The summed E-state index contributed by atoms with van der Waals surface area (Å²) < 4.78 is 6.96. The molecule has 0 unspecified atom stereocenters. The first-order valence-corrected chi connectivity index (χ1v) is 11.2. The van der Waals surface area contributed by atoms with Crippen LogP contribution < -0.4 is 5.32 Å². The number of esters is 1. The molecule has 0 spiro atoms. The Morgan fingerprint density at radius 3 is 2.61 bits per heavy atom. The monoisotopic (exact) mass is 461 g/mol. The third-order valence-electron chi connectivity index (χ3n) is 4.44. The van der Waals surface area contributed by atoms with Crippen molar-refractivity contribution in [3.05, 3.63) is 77.1 Å². The highest BCUT2D eigenvalue weighted by Crippen LogP contribution is 2.24. The predicted molar refractivity (Wildman–Crippen MR) is 127 cm³/mol. The van der Waals surface area contributed by atoms with Gasteiger partial charge in [0.1, 0.15) is 17.0 Å². The molecule has 0 radical (unpaired) electrons. The van der Waals surface area contributed by atoms with Crippen LogP contribution in [0.5, 0.6) is 0 Å². The molecule has 0 aliphatic rings. The predicted octanol–water partition coefficient (Wildman–Crippen LogP) is 4.91. The first kappa shape index (κ1) is 22.3. The van der Waals surface area contributed by atoms with Crippen molar-refractivity contribution in [2.75, 3.05) is 5.32 Å². The number of hydrogen-bond acceptors (Lipinski definition) is 7. The van der Waals surface area contributed by atoms with Crippen molar-refractivity contribution >= 4 is 28.3 Å². The number of thiazole rings is 1. The van der Waals surface area contributed by atoms with Gasteiger partial charge in [-0.05, 0) is 64.1 Å². The number of nitrogens with zero attached hydrogens (tertiary/aromatic N) is 4. The Labute approximate surface area is 195 Å². The van der Waals surface area contributed by atoms with Crippen LogP contribution in [0.1, 0.15) is 47.3 Å². The molecule has 1 N–H and O–H groups in total. The molecule has 0 atom stereocenters. The molecule has 1 amide bonds. The van der Waals surface area contributed by atoms with E-state index in [2.05, 4.69) is 20.4 Å². The van der Waals surface area contributed by atoms with Crippen LogP contribution in [0.15, 0.2) is 60.1 Å². The molecular weight excluding hydrogens is 438 g/mol. The number of nitrogens with one attached hydrogen (secondary N) is 1. The van der Waals surface area contributed by atoms with Crippen molar-refractivity contribution in [1.82, 2.24) is 19.7 Å². The average Bonchev–Trinajstić information content (AvgIpc) is 3.40. The molecular formula is C24H23N5O3S. The van der Waals surface area contributed by atoms with Gasteiger partial charge >= 0.3 is 5.97 Å². The van der Waals surface area contributed by atoms with Gasteiger partial charge in [0.25, 0.3) is 5.91 Å². The van der Waals surface area contributed by atoms with Gasteiger partial charge in [-0.3, -0.25) is 15.1 Å². The lowest BCUT2D eigenvalue weighted by Gasteiger charge is -2.19. The average molecular weight is 462 g/mol. The van der Waals surface area contributed by atoms with E-state index < -0.39 is 11.6 Å². The van der Waals surface area contributed by atoms with Gasteiger partial charge in [0.2, 0.25) is 0 Å². The number of ether oxygens (including phenoxy) is 1. The molecule has 9 heteroatoms. The van der Waals surface area contributed by atoms with E-state index in [-0.39, 0.29) is 5.91 Å². The topological polar surface area (TPSA) is 99.0 Å². The summed E-state index contributed by atoms with van der Waals surface area (Å²) in [4.78, 5) is 34.3. The van der Waals surface area contributed by atoms with Crippen LogP contribution in [-0.4, -0.2) is 37.2 Å². The lowest BCUT2D eigenvalue weighted by Crippen LogP contribution is -2.24. The van der Waals surface area contributed by atoms with Gasteiger partial charge in [-0.15, -0.1) is 11.3 Å². The van der Waals surface area contributed by atoms with Crippen LogP contribution >= 0.6 is 11.3 Å². The number of aryl methyl sites for hydroxylation is 1. The summed E-state index contributed by atoms with van der Waals surface area (Å²) in [5, 5.41) is 9.57. The lowest BCUT2D eigenvalue weighted by molar-refractivity contribution is 0.00694. The third kappa shape index (κ3) is 5.32. The number of anilines is 1. The van der Waals surface area contributed by atoms with E-state index in [0.29, 0.717) is 33.5 Å². The molecule has 4 rings (SSSR count). The van der Waals surface area contributed by atoms with E-state index in [1.165, 1.54) is 16.0 Å². The Morgan fingerprint density at radius 1 is 1.06 bits per heavy atom. The fourth-order valence-corrected chi connectivity index (χ4v) is 3.78. The maximum atomic E-state index is 13.1. The maximum Gasteiger partial charge on any atom is 0.338 e. The summed E-state index contributed by atoms with van der Waals surface area (Å²) in [7, 11) is 0. The number of hydrogen-bond donors (Lipinski definition) is 1. The molecule has 0 aliphatic carbocycles. The Morgan fingerprint density at radius 2 is 1.88 bits per heavy atom. The zero-order chi connectivity index (χ0) is 23.6. The molecule has 0 fully saturated rings. The quantitative estimate of drug-likeness (QED) is 0.424. The van der Waals surface area contributed by atoms with Gasteiger partial charge < -0.3 is 4.74 Å². The highest BCUT2D eigenvalue weighted by atomic mass is 32.1. The summed E-state index contributed by atoms with van der Waals surface area (Å²) in [5.74, 6) is -0.802. The zero-order valence-corrected chi connectivity index (χ0v) is 19.5. The summed E-state index contributed by atoms with van der Waals surface area (Å²) in [5.41, 5.74) is 2.74. The van der Waals surface area contributed by atoms with Crippen molar-refractivity contribution in [1.29, 1.82) is 0 Å². The summed E-state index contributed by atoms with van der Waals surface area (Å²) >= 11 is 1.31. The summed E-state index contributed by atoms with van der Waals surface area (Å²) in [6.45, 7) is 7.23. The van der Waals surface area contributed by atoms with E-state index in [0.717, 1.165) is 5.69 Å². The van der Waals surface area contributed by atoms with E-state index >= 15 is 0 Å². The largest absolute Gasteiger partial charge is 0.456 e. The second kappa shape index (κ2) is 8.95. The summed E-state index contributed by atoms with van der Waals surface area (Å²) in [6.07, 6.45) is 1.69. The van der Waals surface area contributed by atoms with Crippen molar-refractivity contribution in [3.8, 4) is 17.1 Å². The molecule has 3 aromatic heterocycles. The molecule has 0 saturated carbocycles. The third-order valence-corrected chi connectivity index (χ3v) is 5.20. The molecule has 168 valence electrons. The molecule has 8 nitrogen and oxygen atoms in total. The van der Waals surface area contributed by atoms with Gasteiger partial charge in [-0.1, -0.05) is 12.1 Å². The van der Waals surface area contributed by atoms with Crippen LogP contribution in [0.25, 0.3) is 17.1 Å². The van der Waals surface area contributed by atoms with Crippen molar-refractivity contribution in [2.45, 2.75) is 33.3 Å². The number of carbonyl (C=O) groups is 2. The molecule has 4 aromatic rings. The highest BCUT2D eigenvalue weighted by Gasteiger charge is 2.21. The first-order chi connectivity index (χ1) is 15.7. The Balaban J connectivity index is 1.58. The van der Waals surface area contributed by atoms with Gasteiger partial charge in [0, 0.05) is 11.6 Å². The first-order valence-electron chi connectivity index (χ1n) is 10.3. The minimum atomic E-state index is -0.609. The fourth-order valence-electron chi connectivity index (χ4n) is 3.08. The van der Waals surface area contributed by atoms with E-state index in [9.17, 15) is 9.59 Å². The number of rotatable bonds is 5. The highest BCUT2D eigenvalue weighted by molar-refractivity contribution is 7.14. The smallest absolute Gasteiger partial charge is 0.338 e. The number of amides is 1. The molecule has 33 heavy (non-hydrogen) atoms. The van der Waals surface area contributed by atoms with Crippen LogP contribution in [-0.2, 0) is 4.74 Å². The van der Waals surface area contributed by atoms with Crippen LogP contribution in [0.3, 0.4) is 0 Å². The SMILES string of the molecule is Cc1cc(C(=O)Nc2nc(-c3ccccn3)cs2)n(-c2cccc(C(=O)OC(C)(C)C)c2)n1. The maximum absolute atomic E-state index is 13.1. The molecule has 0 aliphatic heterocycles. The fraction of sp³-hybridized carbons (Fsp3) is 0.208. The Hall–Kier alpha value is -3.85. The van der Waals surface area contributed by atoms with Gasteiger partial charge in [0.05, 0.1) is 22.6 Å². The molecule has 0 bridgehead atoms. The number of aromatic nitrogens is 4. The number of benzene rings is 1. The van der Waals surface area contributed by atoms with Crippen molar-refractivity contribution in [2.24, 2.45) is 0 Å². The normalized spacial score (nSPS) is 11.3. The Kier molecular flexibility index (Phi) is 6.06. The van der Waals surface area contributed by atoms with Crippen LogP contribution in [0, 0.1) is 6.92 Å². The second-order valence-corrected chi connectivity index (χ2v) is 9.20. The zero-order valence-electron chi connectivity index (χ0n) is 18.7. The van der Waals surface area contributed by atoms with Crippen LogP contribution in [0.2, 0.25) is 0 Å². The Bertz CT molecular complexity index is 1310. The molecule has 3 heterocycles. The lowest BCUT2D eigenvalue weighted by atomic mass is 10.1. The van der Waals surface area contributed by atoms with Gasteiger partial charge in [0.15, 0.2) is 5.13 Å². The second-order valence-electron chi connectivity index (χ2n) is 8.34. The van der Waals surface area contributed by atoms with Gasteiger partial charge in [-0.25, -0.2) is 14.5 Å². The van der Waals surface area contributed by atoms with E-state index in [1.54, 1.807) is 43.5 Å². The van der Waals surface area contributed by atoms with Crippen molar-refractivity contribution in [3.63, 3.8) is 0 Å². The minimum absolute atomic E-state index is 0.323. The van der Waals surface area contributed by atoms with E-state index in [1.807, 2.05) is 44.4 Å². The number of carbonyl (C=O) groups excluding carboxylic acids is 2. The molecule has 1 aromatic carbocycles. The van der Waals surface area contributed by atoms with E-state index in [4.69, 9.17) is 4.74 Å². The standard InChI is InChI=1S/C24H23N5O3S/c1-15-12-20(21(30)27-23-26-19(14-33-23)18-10-5-6-11-25-18)29(28-15)17-9-7-8-16(13-17)22(31)32-24(2,3)4/h5-14H,1-4H3,(H,26,27,30). The number of pyridine rings is 1. The van der Waals surface area contributed by atoms with Crippen molar-refractivity contribution < 1.29 is 14.3 Å². The summed E-state index contributed by atoms with van der Waals surface area (Å²) in [6, 6.07) is 14.1. The van der Waals surface area contributed by atoms with Crippen LogP contribution in [0.4, 0.5) is 5.13 Å². The minimum Gasteiger partial charge on any atom is -0.456 e. The molecule has 0 saturated heterocycles.